The lowest BCUT2D eigenvalue weighted by atomic mass is 10.1. The average molecular weight is 202 g/mol. The molecule has 1 N–H and O–H groups in total. The van der Waals surface area contributed by atoms with E-state index in [9.17, 15) is 0 Å². The normalized spacial score (nSPS) is 11.6. The van der Waals surface area contributed by atoms with E-state index in [4.69, 9.17) is 0 Å². The van der Waals surface area contributed by atoms with Gasteiger partial charge in [-0.25, -0.2) is 0 Å². The molecule has 0 aliphatic heterocycles. The first-order valence-corrected chi connectivity index (χ1v) is 5.33. The first-order chi connectivity index (χ1) is 7.36. The van der Waals surface area contributed by atoms with Crippen molar-refractivity contribution < 1.29 is 0 Å². The maximum absolute atomic E-state index is 4.32. The van der Waals surface area contributed by atoms with Gasteiger partial charge in [0.1, 0.15) is 0 Å². The Kier molecular flexibility index (Phi) is 5.50. The molecule has 0 amide bonds. The number of pyridine rings is 1. The van der Waals surface area contributed by atoms with Crippen LogP contribution >= 0.6 is 0 Å². The molecular formula is C13H18N2. The molecule has 0 radical (unpaired) electrons. The fourth-order valence-corrected chi connectivity index (χ4v) is 1.49. The van der Waals surface area contributed by atoms with Gasteiger partial charge in [-0.05, 0) is 32.5 Å². The summed E-state index contributed by atoms with van der Waals surface area (Å²) >= 11 is 0. The molecule has 1 heterocycles. The molecule has 0 aliphatic carbocycles. The Morgan fingerprint density at radius 3 is 2.93 bits per heavy atom. The molecule has 0 aromatic carbocycles. The third-order valence-corrected chi connectivity index (χ3v) is 2.38. The van der Waals surface area contributed by atoms with Crippen molar-refractivity contribution in [3.05, 3.63) is 30.1 Å². The van der Waals surface area contributed by atoms with E-state index in [-0.39, 0.29) is 0 Å². The summed E-state index contributed by atoms with van der Waals surface area (Å²) in [6.45, 7) is 1.88. The van der Waals surface area contributed by atoms with E-state index in [1.807, 2.05) is 32.3 Å². The van der Waals surface area contributed by atoms with Gasteiger partial charge in [0.05, 0.1) is 0 Å². The first-order valence-electron chi connectivity index (χ1n) is 5.33. The van der Waals surface area contributed by atoms with Crippen molar-refractivity contribution in [3.8, 4) is 11.8 Å². The minimum atomic E-state index is 0.473. The molecule has 1 aromatic heterocycles. The summed E-state index contributed by atoms with van der Waals surface area (Å²) in [4.78, 5) is 4.32. The van der Waals surface area contributed by atoms with Crippen molar-refractivity contribution in [2.75, 3.05) is 7.05 Å². The summed E-state index contributed by atoms with van der Waals surface area (Å²) < 4.78 is 0. The Morgan fingerprint density at radius 2 is 2.33 bits per heavy atom. The molecule has 15 heavy (non-hydrogen) atoms. The molecule has 1 unspecified atom stereocenters. The van der Waals surface area contributed by atoms with E-state index in [0.29, 0.717) is 6.04 Å². The van der Waals surface area contributed by atoms with Crippen LogP contribution in [0.3, 0.4) is 0 Å². The maximum atomic E-state index is 4.32. The average Bonchev–Trinajstić information content (AvgIpc) is 2.29. The highest BCUT2D eigenvalue weighted by atomic mass is 14.9. The zero-order valence-electron chi connectivity index (χ0n) is 9.46. The van der Waals surface area contributed by atoms with Gasteiger partial charge >= 0.3 is 0 Å². The highest BCUT2D eigenvalue weighted by molar-refractivity contribution is 5.05. The Bertz CT molecular complexity index is 321. The molecule has 1 aromatic rings. The molecule has 0 bridgehead atoms. The topological polar surface area (TPSA) is 24.9 Å². The maximum Gasteiger partial charge on any atom is 0.0419 e. The number of hydrogen-bond donors (Lipinski definition) is 1. The van der Waals surface area contributed by atoms with Crippen LogP contribution in [0.1, 0.15) is 25.5 Å². The van der Waals surface area contributed by atoms with E-state index in [1.165, 1.54) is 0 Å². The quantitative estimate of drug-likeness (QED) is 0.739. The van der Waals surface area contributed by atoms with E-state index in [2.05, 4.69) is 28.2 Å². The third-order valence-electron chi connectivity index (χ3n) is 2.38. The Morgan fingerprint density at radius 1 is 1.47 bits per heavy atom. The minimum Gasteiger partial charge on any atom is -0.317 e. The van der Waals surface area contributed by atoms with Crippen LogP contribution in [0.2, 0.25) is 0 Å². The fraction of sp³-hybridized carbons (Fsp3) is 0.462. The standard InChI is InChI=1S/C13H18N2/c1-3-4-5-8-12(14-2)11-13-9-6-7-10-15-13/h6-7,9-10,12,14H,5,8,11H2,1-2H3. The smallest absolute Gasteiger partial charge is 0.0419 e. The molecule has 0 spiro atoms. The molecule has 2 nitrogen and oxygen atoms in total. The summed E-state index contributed by atoms with van der Waals surface area (Å²) in [6.07, 6.45) is 4.85. The zero-order chi connectivity index (χ0) is 10.9. The summed E-state index contributed by atoms with van der Waals surface area (Å²) in [7, 11) is 1.99. The van der Waals surface area contributed by atoms with Crippen molar-refractivity contribution in [1.29, 1.82) is 0 Å². The monoisotopic (exact) mass is 202 g/mol. The molecule has 1 rings (SSSR count). The number of nitrogens with zero attached hydrogens (tertiary/aromatic N) is 1. The van der Waals surface area contributed by atoms with Gasteiger partial charge in [-0.15, -0.1) is 11.8 Å². The summed E-state index contributed by atoms with van der Waals surface area (Å²) in [6, 6.07) is 6.51. The molecule has 0 fully saturated rings. The van der Waals surface area contributed by atoms with E-state index in [1.54, 1.807) is 0 Å². The minimum absolute atomic E-state index is 0.473. The van der Waals surface area contributed by atoms with Crippen LogP contribution in [0.4, 0.5) is 0 Å². The third kappa shape index (κ3) is 4.62. The SMILES string of the molecule is CC#CCCC(Cc1ccccn1)NC. The van der Waals surface area contributed by atoms with Gasteiger partial charge in [0, 0.05) is 30.8 Å². The molecule has 1 atom stereocenters. The highest BCUT2D eigenvalue weighted by Crippen LogP contribution is 2.04. The Hall–Kier alpha value is -1.33. The van der Waals surface area contributed by atoms with E-state index in [0.717, 1.165) is 25.0 Å². The first kappa shape index (κ1) is 11.7. The van der Waals surface area contributed by atoms with Crippen LogP contribution in [0.25, 0.3) is 0 Å². The van der Waals surface area contributed by atoms with Gasteiger partial charge in [-0.2, -0.15) is 0 Å². The van der Waals surface area contributed by atoms with Crippen molar-refractivity contribution in [1.82, 2.24) is 10.3 Å². The number of aromatic nitrogens is 1. The second-order valence-electron chi connectivity index (χ2n) is 3.48. The van der Waals surface area contributed by atoms with Crippen molar-refractivity contribution >= 4 is 0 Å². The lowest BCUT2D eigenvalue weighted by molar-refractivity contribution is 0.522. The molecule has 0 saturated carbocycles. The molecule has 80 valence electrons. The van der Waals surface area contributed by atoms with Crippen LogP contribution in [-0.2, 0) is 6.42 Å². The summed E-state index contributed by atoms with van der Waals surface area (Å²) in [5.74, 6) is 6.01. The summed E-state index contributed by atoms with van der Waals surface area (Å²) in [5.41, 5.74) is 1.14. The van der Waals surface area contributed by atoms with Gasteiger partial charge < -0.3 is 5.32 Å². The van der Waals surface area contributed by atoms with Crippen LogP contribution in [0, 0.1) is 11.8 Å². The molecule has 0 saturated heterocycles. The van der Waals surface area contributed by atoms with E-state index >= 15 is 0 Å². The van der Waals surface area contributed by atoms with Crippen molar-refractivity contribution in [3.63, 3.8) is 0 Å². The molecule has 0 aliphatic rings. The van der Waals surface area contributed by atoms with Crippen molar-refractivity contribution in [2.45, 2.75) is 32.2 Å². The van der Waals surface area contributed by atoms with Gasteiger partial charge in [0.2, 0.25) is 0 Å². The largest absolute Gasteiger partial charge is 0.317 e. The summed E-state index contributed by atoms with van der Waals surface area (Å²) in [5, 5.41) is 3.30. The van der Waals surface area contributed by atoms with Crippen molar-refractivity contribution in [2.24, 2.45) is 0 Å². The fourth-order valence-electron chi connectivity index (χ4n) is 1.49. The van der Waals surface area contributed by atoms with Gasteiger partial charge in [0.25, 0.3) is 0 Å². The number of nitrogens with one attached hydrogen (secondary N) is 1. The lowest BCUT2D eigenvalue weighted by Gasteiger charge is -2.13. The second-order valence-corrected chi connectivity index (χ2v) is 3.48. The van der Waals surface area contributed by atoms with Crippen LogP contribution in [-0.4, -0.2) is 18.1 Å². The molecular weight excluding hydrogens is 184 g/mol. The second kappa shape index (κ2) is 7.03. The number of likely N-dealkylation sites (N-methyl/N-ethyl adjacent to an activating group) is 1. The van der Waals surface area contributed by atoms with Crippen LogP contribution < -0.4 is 5.32 Å². The highest BCUT2D eigenvalue weighted by Gasteiger charge is 2.06. The molecule has 2 heteroatoms. The van der Waals surface area contributed by atoms with Crippen LogP contribution in [0.5, 0.6) is 0 Å². The predicted octanol–water partition coefficient (Wildman–Crippen LogP) is 2.02. The number of rotatable bonds is 5. The number of hydrogen-bond acceptors (Lipinski definition) is 2. The Labute approximate surface area is 92.1 Å². The van der Waals surface area contributed by atoms with Crippen LogP contribution in [0.15, 0.2) is 24.4 Å². The predicted molar refractivity (Wildman–Crippen MR) is 63.5 cm³/mol. The van der Waals surface area contributed by atoms with Gasteiger partial charge in [-0.3, -0.25) is 4.98 Å². The van der Waals surface area contributed by atoms with Gasteiger partial charge in [-0.1, -0.05) is 6.07 Å². The zero-order valence-corrected chi connectivity index (χ0v) is 9.46. The van der Waals surface area contributed by atoms with Gasteiger partial charge in [0.15, 0.2) is 0 Å². The Balaban J connectivity index is 2.42. The van der Waals surface area contributed by atoms with E-state index < -0.39 is 0 Å². The lowest BCUT2D eigenvalue weighted by Crippen LogP contribution is -2.27.